The van der Waals surface area contributed by atoms with Crippen molar-refractivity contribution in [1.82, 2.24) is 15.3 Å². The van der Waals surface area contributed by atoms with E-state index in [1.807, 2.05) is 0 Å². The number of carbonyl (C=O) groups excluding carboxylic acids is 2. The number of carboxylic acid groups (broad SMARTS) is 1. The molecule has 0 aliphatic heterocycles. The van der Waals surface area contributed by atoms with E-state index in [4.69, 9.17) is 5.11 Å². The summed E-state index contributed by atoms with van der Waals surface area (Å²) in [7, 11) is 1.51. The molecule has 8 heteroatoms. The highest BCUT2D eigenvalue weighted by Crippen LogP contribution is 2.12. The Morgan fingerprint density at radius 2 is 1.55 bits per heavy atom. The van der Waals surface area contributed by atoms with Crippen LogP contribution < -0.4 is 10.6 Å². The number of carboxylic acids is 1. The highest BCUT2D eigenvalue weighted by molar-refractivity contribution is 6.08. The zero-order chi connectivity index (χ0) is 16.1. The first-order valence-corrected chi connectivity index (χ1v) is 6.20. The highest BCUT2D eigenvalue weighted by atomic mass is 16.4. The van der Waals surface area contributed by atoms with Gasteiger partial charge in [0.2, 0.25) is 0 Å². The van der Waals surface area contributed by atoms with Crippen molar-refractivity contribution in [2.24, 2.45) is 0 Å². The molecule has 0 saturated heterocycles. The number of hydrogen-bond donors (Lipinski definition) is 3. The second-order valence-corrected chi connectivity index (χ2v) is 4.17. The molecule has 1 aromatic heterocycles. The molecule has 3 N–H and O–H groups in total. The fourth-order valence-corrected chi connectivity index (χ4v) is 1.70. The Hall–Kier alpha value is -3.29. The molecule has 0 aliphatic rings. The Balaban J connectivity index is 2.19. The van der Waals surface area contributed by atoms with Crippen molar-refractivity contribution in [1.29, 1.82) is 0 Å². The Morgan fingerprint density at radius 3 is 2.09 bits per heavy atom. The van der Waals surface area contributed by atoms with Crippen molar-refractivity contribution >= 4 is 23.5 Å². The fourth-order valence-electron chi connectivity index (χ4n) is 1.70. The van der Waals surface area contributed by atoms with Gasteiger partial charge in [0.05, 0.1) is 0 Å². The van der Waals surface area contributed by atoms with Crippen LogP contribution in [0.15, 0.2) is 36.7 Å². The number of benzene rings is 1. The number of anilines is 1. The van der Waals surface area contributed by atoms with Crippen molar-refractivity contribution in [3.63, 3.8) is 0 Å². The van der Waals surface area contributed by atoms with Crippen molar-refractivity contribution in [2.45, 2.75) is 0 Å². The number of carbonyl (C=O) groups is 3. The van der Waals surface area contributed by atoms with Gasteiger partial charge >= 0.3 is 5.97 Å². The lowest BCUT2D eigenvalue weighted by Crippen LogP contribution is -2.20. The van der Waals surface area contributed by atoms with Crippen LogP contribution in [0.25, 0.3) is 0 Å². The maximum Gasteiger partial charge on any atom is 0.356 e. The van der Waals surface area contributed by atoms with Gasteiger partial charge in [0.15, 0.2) is 11.4 Å². The van der Waals surface area contributed by atoms with Crippen molar-refractivity contribution in [3.8, 4) is 0 Å². The quantitative estimate of drug-likeness (QED) is 0.767. The minimum atomic E-state index is -1.34. The monoisotopic (exact) mass is 300 g/mol. The molecule has 1 heterocycles. The van der Waals surface area contributed by atoms with Crippen LogP contribution in [0.3, 0.4) is 0 Å². The average Bonchev–Trinajstić information content (AvgIpc) is 2.54. The van der Waals surface area contributed by atoms with Gasteiger partial charge in [0, 0.05) is 30.7 Å². The summed E-state index contributed by atoms with van der Waals surface area (Å²) in [4.78, 5) is 41.8. The van der Waals surface area contributed by atoms with Crippen LogP contribution in [0.4, 0.5) is 5.69 Å². The third kappa shape index (κ3) is 3.23. The molecule has 0 aliphatic carbocycles. The van der Waals surface area contributed by atoms with Crippen molar-refractivity contribution in [2.75, 3.05) is 12.4 Å². The van der Waals surface area contributed by atoms with Gasteiger partial charge in [-0.1, -0.05) is 0 Å². The first-order valence-electron chi connectivity index (χ1n) is 6.20. The van der Waals surface area contributed by atoms with Gasteiger partial charge in [0.1, 0.15) is 0 Å². The SMILES string of the molecule is CNC(=O)c1ccc(NC(=O)c2nccnc2C(=O)O)cc1. The molecule has 0 spiro atoms. The number of rotatable bonds is 4. The van der Waals surface area contributed by atoms with Crippen molar-refractivity contribution in [3.05, 3.63) is 53.6 Å². The van der Waals surface area contributed by atoms with Crippen LogP contribution in [0.2, 0.25) is 0 Å². The normalized spacial score (nSPS) is 9.86. The molecule has 0 fully saturated rings. The van der Waals surface area contributed by atoms with E-state index in [9.17, 15) is 14.4 Å². The molecule has 0 radical (unpaired) electrons. The van der Waals surface area contributed by atoms with Crippen LogP contribution in [-0.2, 0) is 0 Å². The van der Waals surface area contributed by atoms with E-state index in [0.29, 0.717) is 11.3 Å². The molecule has 112 valence electrons. The zero-order valence-electron chi connectivity index (χ0n) is 11.5. The maximum absolute atomic E-state index is 12.1. The summed E-state index contributed by atoms with van der Waals surface area (Å²) >= 11 is 0. The Bertz CT molecular complexity index is 728. The van der Waals surface area contributed by atoms with Gasteiger partial charge in [-0.15, -0.1) is 0 Å². The third-order valence-corrected chi connectivity index (χ3v) is 2.75. The van der Waals surface area contributed by atoms with E-state index in [2.05, 4.69) is 20.6 Å². The lowest BCUT2D eigenvalue weighted by molar-refractivity contribution is 0.0684. The van der Waals surface area contributed by atoms with Gasteiger partial charge in [-0.3, -0.25) is 9.59 Å². The Labute approximate surface area is 125 Å². The second kappa shape index (κ2) is 6.44. The topological polar surface area (TPSA) is 121 Å². The lowest BCUT2D eigenvalue weighted by atomic mass is 10.2. The number of amides is 2. The van der Waals surface area contributed by atoms with E-state index in [1.165, 1.54) is 43.7 Å². The standard InChI is InChI=1S/C14H12N4O4/c1-15-12(19)8-2-4-9(5-3-8)18-13(20)10-11(14(21)22)17-7-6-16-10/h2-7H,1H3,(H,15,19)(H,18,20)(H,21,22). The van der Waals surface area contributed by atoms with Crippen molar-refractivity contribution < 1.29 is 19.5 Å². The van der Waals surface area contributed by atoms with Gasteiger partial charge < -0.3 is 15.7 Å². The van der Waals surface area contributed by atoms with E-state index < -0.39 is 17.6 Å². The number of aromatic nitrogens is 2. The summed E-state index contributed by atoms with van der Waals surface area (Å²) in [6, 6.07) is 6.12. The summed E-state index contributed by atoms with van der Waals surface area (Å²) in [5.74, 6) is -2.29. The maximum atomic E-state index is 12.1. The predicted octanol–water partition coefficient (Wildman–Crippen LogP) is 0.787. The molecule has 2 amide bonds. The summed E-state index contributed by atoms with van der Waals surface area (Å²) < 4.78 is 0. The molecule has 8 nitrogen and oxygen atoms in total. The molecule has 2 aromatic rings. The molecule has 2 rings (SSSR count). The Kier molecular flexibility index (Phi) is 4.42. The highest BCUT2D eigenvalue weighted by Gasteiger charge is 2.19. The number of nitrogens with one attached hydrogen (secondary N) is 2. The summed E-state index contributed by atoms with van der Waals surface area (Å²) in [5, 5.41) is 14.0. The molecule has 0 atom stereocenters. The van der Waals surface area contributed by atoms with Crippen LogP contribution in [0.1, 0.15) is 31.3 Å². The summed E-state index contributed by atoms with van der Waals surface area (Å²) in [5.41, 5.74) is 0.123. The minimum Gasteiger partial charge on any atom is -0.476 e. The minimum absolute atomic E-state index is 0.250. The predicted molar refractivity (Wildman–Crippen MR) is 76.8 cm³/mol. The summed E-state index contributed by atoms with van der Waals surface area (Å²) in [6.07, 6.45) is 2.43. The van der Waals surface area contributed by atoms with Gasteiger partial charge in [0.25, 0.3) is 11.8 Å². The molecule has 0 saturated carbocycles. The van der Waals surface area contributed by atoms with Gasteiger partial charge in [-0.2, -0.15) is 0 Å². The molecular weight excluding hydrogens is 288 g/mol. The fraction of sp³-hybridized carbons (Fsp3) is 0.0714. The third-order valence-electron chi connectivity index (χ3n) is 2.75. The van der Waals surface area contributed by atoms with E-state index in [-0.39, 0.29) is 11.6 Å². The van der Waals surface area contributed by atoms with Crippen LogP contribution in [0, 0.1) is 0 Å². The number of nitrogens with zero attached hydrogens (tertiary/aromatic N) is 2. The van der Waals surface area contributed by atoms with E-state index in [1.54, 1.807) is 0 Å². The lowest BCUT2D eigenvalue weighted by Gasteiger charge is -2.07. The number of aromatic carboxylic acids is 1. The molecule has 0 unspecified atom stereocenters. The first kappa shape index (κ1) is 15.1. The van der Waals surface area contributed by atoms with Crippen LogP contribution >= 0.6 is 0 Å². The zero-order valence-corrected chi connectivity index (χ0v) is 11.5. The molecule has 0 bridgehead atoms. The smallest absolute Gasteiger partial charge is 0.356 e. The molecule has 22 heavy (non-hydrogen) atoms. The van der Waals surface area contributed by atoms with Crippen LogP contribution in [-0.4, -0.2) is 39.9 Å². The number of hydrogen-bond acceptors (Lipinski definition) is 5. The van der Waals surface area contributed by atoms with Gasteiger partial charge in [-0.25, -0.2) is 14.8 Å². The average molecular weight is 300 g/mol. The van der Waals surface area contributed by atoms with Gasteiger partial charge in [-0.05, 0) is 24.3 Å². The summed E-state index contributed by atoms with van der Waals surface area (Å²) in [6.45, 7) is 0. The van der Waals surface area contributed by atoms with E-state index in [0.717, 1.165) is 0 Å². The largest absolute Gasteiger partial charge is 0.476 e. The molecular formula is C14H12N4O4. The van der Waals surface area contributed by atoms with E-state index >= 15 is 0 Å². The second-order valence-electron chi connectivity index (χ2n) is 4.17. The van der Waals surface area contributed by atoms with Crippen LogP contribution in [0.5, 0.6) is 0 Å². The first-order chi connectivity index (χ1) is 10.5. The molecule has 1 aromatic carbocycles. The Morgan fingerprint density at radius 1 is 0.955 bits per heavy atom.